The average molecular weight is 301 g/mol. The molecule has 2 aromatic carbocycles. The Labute approximate surface area is 127 Å². The van der Waals surface area contributed by atoms with Crippen LogP contribution in [0.3, 0.4) is 0 Å². The van der Waals surface area contributed by atoms with E-state index in [1.54, 1.807) is 0 Å². The first-order valence-electron chi connectivity index (χ1n) is 7.06. The fourth-order valence-corrected chi connectivity index (χ4v) is 4.17. The van der Waals surface area contributed by atoms with Crippen LogP contribution < -0.4 is 10.5 Å². The van der Waals surface area contributed by atoms with Gasteiger partial charge in [-0.3, -0.25) is 4.21 Å². The Bertz CT molecular complexity index is 671. The van der Waals surface area contributed by atoms with E-state index in [4.69, 9.17) is 10.5 Å². The Kier molecular flexibility index (Phi) is 4.08. The van der Waals surface area contributed by atoms with E-state index >= 15 is 0 Å². The molecular weight excluding hydrogens is 282 g/mol. The molecule has 0 saturated heterocycles. The Morgan fingerprint density at radius 3 is 2.71 bits per heavy atom. The molecule has 3 rings (SSSR count). The van der Waals surface area contributed by atoms with Crippen molar-refractivity contribution >= 4 is 10.8 Å². The smallest absolute Gasteiger partial charge is 0.124 e. The number of fused-ring (bicyclic) bond motifs is 1. The zero-order chi connectivity index (χ0) is 14.8. The lowest BCUT2D eigenvalue weighted by atomic mass is 10.0. The number of hydrogen-bond acceptors (Lipinski definition) is 3. The van der Waals surface area contributed by atoms with Gasteiger partial charge in [0.2, 0.25) is 0 Å². The minimum Gasteiger partial charge on any atom is -0.492 e. The van der Waals surface area contributed by atoms with Crippen molar-refractivity contribution < 1.29 is 8.95 Å². The molecule has 0 fully saturated rings. The monoisotopic (exact) mass is 301 g/mol. The van der Waals surface area contributed by atoms with Crippen molar-refractivity contribution in [1.82, 2.24) is 0 Å². The standard InChI is InChI=1S/C17H19NO2S/c1-12-6-2-3-7-13(12)11-21(19)16-10-20-15-9-5-4-8-14(15)17(16)18/h2-9,16-17H,10-11,18H2,1H3. The second-order valence-electron chi connectivity index (χ2n) is 5.36. The van der Waals surface area contributed by atoms with Crippen molar-refractivity contribution in [3.8, 4) is 5.75 Å². The number of aryl methyl sites for hydroxylation is 1. The molecule has 0 spiro atoms. The zero-order valence-corrected chi connectivity index (χ0v) is 12.8. The summed E-state index contributed by atoms with van der Waals surface area (Å²) in [6.07, 6.45) is 0. The largest absolute Gasteiger partial charge is 0.492 e. The first kappa shape index (κ1) is 14.3. The third-order valence-electron chi connectivity index (χ3n) is 3.98. The van der Waals surface area contributed by atoms with Gasteiger partial charge in [0.05, 0.1) is 11.3 Å². The molecule has 3 atom stereocenters. The summed E-state index contributed by atoms with van der Waals surface area (Å²) in [7, 11) is -1.06. The van der Waals surface area contributed by atoms with E-state index in [-0.39, 0.29) is 11.3 Å². The average Bonchev–Trinajstić information content (AvgIpc) is 2.50. The fourth-order valence-electron chi connectivity index (χ4n) is 2.63. The topological polar surface area (TPSA) is 52.3 Å². The van der Waals surface area contributed by atoms with Crippen LogP contribution in [-0.4, -0.2) is 16.1 Å². The third kappa shape index (κ3) is 2.87. The Hall–Kier alpha value is -1.65. The van der Waals surface area contributed by atoms with Gasteiger partial charge in [-0.05, 0) is 24.1 Å². The maximum absolute atomic E-state index is 12.7. The number of nitrogens with two attached hydrogens (primary N) is 1. The minimum absolute atomic E-state index is 0.167. The second-order valence-corrected chi connectivity index (χ2v) is 7.02. The van der Waals surface area contributed by atoms with Gasteiger partial charge in [0.1, 0.15) is 12.4 Å². The zero-order valence-electron chi connectivity index (χ0n) is 12.0. The van der Waals surface area contributed by atoms with Gasteiger partial charge in [-0.1, -0.05) is 42.5 Å². The molecule has 3 unspecified atom stereocenters. The molecule has 0 amide bonds. The molecule has 3 nitrogen and oxygen atoms in total. The molecule has 2 N–H and O–H groups in total. The van der Waals surface area contributed by atoms with Crippen molar-refractivity contribution in [2.24, 2.45) is 5.73 Å². The minimum atomic E-state index is -1.06. The van der Waals surface area contributed by atoms with Gasteiger partial charge in [-0.2, -0.15) is 0 Å². The maximum Gasteiger partial charge on any atom is 0.124 e. The molecule has 110 valence electrons. The molecular formula is C17H19NO2S. The van der Waals surface area contributed by atoms with Crippen molar-refractivity contribution in [1.29, 1.82) is 0 Å². The first-order chi connectivity index (χ1) is 10.2. The van der Waals surface area contributed by atoms with Crippen LogP contribution in [0.5, 0.6) is 5.75 Å². The van der Waals surface area contributed by atoms with E-state index in [0.717, 1.165) is 22.4 Å². The molecule has 0 aromatic heterocycles. The summed E-state index contributed by atoms with van der Waals surface area (Å²) in [4.78, 5) is 0. The van der Waals surface area contributed by atoms with Gasteiger partial charge >= 0.3 is 0 Å². The van der Waals surface area contributed by atoms with E-state index in [9.17, 15) is 4.21 Å². The summed E-state index contributed by atoms with van der Waals surface area (Å²) in [6, 6.07) is 15.5. The van der Waals surface area contributed by atoms with Crippen molar-refractivity contribution in [2.45, 2.75) is 24.0 Å². The van der Waals surface area contributed by atoms with Crippen LogP contribution in [-0.2, 0) is 16.6 Å². The first-order valence-corrected chi connectivity index (χ1v) is 8.44. The summed E-state index contributed by atoms with van der Waals surface area (Å²) >= 11 is 0. The summed E-state index contributed by atoms with van der Waals surface area (Å²) in [5.74, 6) is 1.34. The number of hydrogen-bond donors (Lipinski definition) is 1. The lowest BCUT2D eigenvalue weighted by Gasteiger charge is -2.30. The lowest BCUT2D eigenvalue weighted by molar-refractivity contribution is 0.273. The molecule has 4 heteroatoms. The summed E-state index contributed by atoms with van der Waals surface area (Å²) in [6.45, 7) is 2.45. The van der Waals surface area contributed by atoms with Gasteiger partial charge in [0.15, 0.2) is 0 Å². The highest BCUT2D eigenvalue weighted by molar-refractivity contribution is 7.84. The van der Waals surface area contributed by atoms with Gasteiger partial charge < -0.3 is 10.5 Å². The van der Waals surface area contributed by atoms with E-state index in [1.807, 2.05) is 55.5 Å². The Morgan fingerprint density at radius 2 is 1.90 bits per heavy atom. The highest BCUT2D eigenvalue weighted by Gasteiger charge is 2.32. The summed E-state index contributed by atoms with van der Waals surface area (Å²) < 4.78 is 18.4. The highest BCUT2D eigenvalue weighted by atomic mass is 32.2. The van der Waals surface area contributed by atoms with Crippen molar-refractivity contribution in [3.63, 3.8) is 0 Å². The maximum atomic E-state index is 12.7. The van der Waals surface area contributed by atoms with Crippen LogP contribution in [0.2, 0.25) is 0 Å². The quantitative estimate of drug-likeness (QED) is 0.948. The molecule has 0 radical (unpaired) electrons. The van der Waals surface area contributed by atoms with Crippen molar-refractivity contribution in [3.05, 3.63) is 65.2 Å². The number of rotatable bonds is 3. The van der Waals surface area contributed by atoms with Crippen LogP contribution in [0.4, 0.5) is 0 Å². The second kappa shape index (κ2) is 6.00. The van der Waals surface area contributed by atoms with E-state index in [1.165, 1.54) is 0 Å². The fraction of sp³-hybridized carbons (Fsp3) is 0.294. The normalized spacial score (nSPS) is 22.2. The molecule has 1 heterocycles. The lowest BCUT2D eigenvalue weighted by Crippen LogP contribution is -2.39. The Balaban J connectivity index is 1.79. The van der Waals surface area contributed by atoms with Crippen molar-refractivity contribution in [2.75, 3.05) is 6.61 Å². The molecule has 2 aromatic rings. The van der Waals surface area contributed by atoms with Crippen LogP contribution in [0.25, 0.3) is 0 Å². The number of ether oxygens (including phenoxy) is 1. The predicted octanol–water partition coefficient (Wildman–Crippen LogP) is 2.70. The Morgan fingerprint density at radius 1 is 1.19 bits per heavy atom. The molecule has 21 heavy (non-hydrogen) atoms. The predicted molar refractivity (Wildman–Crippen MR) is 85.7 cm³/mol. The van der Waals surface area contributed by atoms with E-state index in [2.05, 4.69) is 0 Å². The third-order valence-corrected chi connectivity index (χ3v) is 5.68. The van der Waals surface area contributed by atoms with Crippen LogP contribution >= 0.6 is 0 Å². The SMILES string of the molecule is Cc1ccccc1CS(=O)C1COc2ccccc2C1N. The van der Waals surface area contributed by atoms with Gasteiger partial charge in [-0.25, -0.2) is 0 Å². The molecule has 0 saturated carbocycles. The highest BCUT2D eigenvalue weighted by Crippen LogP contribution is 2.33. The number of para-hydroxylation sites is 1. The number of benzene rings is 2. The van der Waals surface area contributed by atoms with Gasteiger partial charge in [-0.15, -0.1) is 0 Å². The molecule has 0 aliphatic carbocycles. The van der Waals surface area contributed by atoms with Gasteiger partial charge in [0, 0.05) is 22.1 Å². The molecule has 0 bridgehead atoms. The molecule has 1 aliphatic heterocycles. The molecule has 1 aliphatic rings. The van der Waals surface area contributed by atoms with Crippen LogP contribution in [0, 0.1) is 6.92 Å². The summed E-state index contributed by atoms with van der Waals surface area (Å²) in [5.41, 5.74) is 9.54. The van der Waals surface area contributed by atoms with E-state index in [0.29, 0.717) is 12.4 Å². The van der Waals surface area contributed by atoms with Crippen LogP contribution in [0.15, 0.2) is 48.5 Å². The van der Waals surface area contributed by atoms with Gasteiger partial charge in [0.25, 0.3) is 0 Å². The van der Waals surface area contributed by atoms with E-state index < -0.39 is 10.8 Å². The summed E-state index contributed by atoms with van der Waals surface area (Å²) in [5, 5.41) is -0.167. The van der Waals surface area contributed by atoms with Crippen LogP contribution in [0.1, 0.15) is 22.7 Å².